The second-order valence-corrected chi connectivity index (χ2v) is 6.58. The van der Waals surface area contributed by atoms with Gasteiger partial charge in [0.05, 0.1) is 17.9 Å². The Hall–Kier alpha value is -1.13. The predicted octanol–water partition coefficient (Wildman–Crippen LogP) is -1.56. The zero-order chi connectivity index (χ0) is 14.2. The van der Waals surface area contributed by atoms with Crippen LogP contribution in [0.1, 0.15) is 5.69 Å². The van der Waals surface area contributed by atoms with E-state index in [4.69, 9.17) is 18.0 Å². The molecule has 0 aliphatic carbocycles. The van der Waals surface area contributed by atoms with Crippen molar-refractivity contribution in [3.63, 3.8) is 0 Å². The summed E-state index contributed by atoms with van der Waals surface area (Å²) in [6.45, 7) is -0.277. The van der Waals surface area contributed by atoms with Crippen LogP contribution in [-0.4, -0.2) is 58.2 Å². The highest BCUT2D eigenvalue weighted by atomic mass is 32.2. The molecule has 4 N–H and O–H groups in total. The van der Waals surface area contributed by atoms with Crippen molar-refractivity contribution >= 4 is 27.2 Å². The van der Waals surface area contributed by atoms with E-state index >= 15 is 0 Å². The third-order valence-electron chi connectivity index (χ3n) is 2.85. The summed E-state index contributed by atoms with van der Waals surface area (Å²) in [5.74, 6) is 0. The molecule has 2 atom stereocenters. The number of sulfonamides is 1. The molecule has 0 bridgehead atoms. The highest BCUT2D eigenvalue weighted by Crippen LogP contribution is 2.20. The minimum absolute atomic E-state index is 0.0335. The van der Waals surface area contributed by atoms with Crippen molar-refractivity contribution in [1.29, 1.82) is 0 Å². The average Bonchev–Trinajstić information content (AvgIpc) is 2.70. The Morgan fingerprint density at radius 2 is 1.95 bits per heavy atom. The Morgan fingerprint density at radius 3 is 2.37 bits per heavy atom. The van der Waals surface area contributed by atoms with Crippen LogP contribution in [-0.2, 0) is 10.0 Å². The standard InChI is InChI=1S/C10H13N3O4S2/c11-10(18)7-2-1-6(3-12-7)19(16,17)13-4-8(14)9(15)5-13/h1-3,8-9,14-15H,4-5H2,(H2,11,18). The van der Waals surface area contributed by atoms with Gasteiger partial charge in [0.1, 0.15) is 9.88 Å². The lowest BCUT2D eigenvalue weighted by molar-refractivity contribution is 0.0572. The summed E-state index contributed by atoms with van der Waals surface area (Å²) >= 11 is 4.73. The van der Waals surface area contributed by atoms with E-state index in [2.05, 4.69) is 4.98 Å². The Balaban J connectivity index is 2.27. The van der Waals surface area contributed by atoms with Gasteiger partial charge < -0.3 is 15.9 Å². The number of pyridine rings is 1. The minimum Gasteiger partial charge on any atom is -0.389 e. The third-order valence-corrected chi connectivity index (χ3v) is 4.88. The SMILES string of the molecule is NC(=S)c1ccc(S(=O)(=O)N2CC(O)C(O)C2)cn1. The summed E-state index contributed by atoms with van der Waals surface area (Å²) < 4.78 is 25.4. The molecule has 2 unspecified atom stereocenters. The summed E-state index contributed by atoms with van der Waals surface area (Å²) in [5, 5.41) is 18.8. The van der Waals surface area contributed by atoms with E-state index in [1.807, 2.05) is 0 Å². The number of aliphatic hydroxyl groups is 2. The Kier molecular flexibility index (Phi) is 3.83. The summed E-state index contributed by atoms with van der Waals surface area (Å²) in [4.78, 5) is 3.90. The van der Waals surface area contributed by atoms with Gasteiger partial charge in [-0.25, -0.2) is 8.42 Å². The van der Waals surface area contributed by atoms with E-state index < -0.39 is 22.2 Å². The van der Waals surface area contributed by atoms with Gasteiger partial charge in [-0.05, 0) is 12.1 Å². The fourth-order valence-electron chi connectivity index (χ4n) is 1.76. The monoisotopic (exact) mass is 303 g/mol. The van der Waals surface area contributed by atoms with Gasteiger partial charge in [0.25, 0.3) is 0 Å². The van der Waals surface area contributed by atoms with E-state index in [9.17, 15) is 18.6 Å². The first-order valence-electron chi connectivity index (χ1n) is 5.44. The first-order chi connectivity index (χ1) is 8.82. The molecule has 0 amide bonds. The number of β-amino-alcohol motifs (C(OH)–C–C–N with tert-alkyl or cyclic N) is 2. The van der Waals surface area contributed by atoms with Crippen molar-refractivity contribution in [2.24, 2.45) is 5.73 Å². The molecule has 1 aliphatic rings. The first-order valence-corrected chi connectivity index (χ1v) is 7.29. The average molecular weight is 303 g/mol. The van der Waals surface area contributed by atoms with Gasteiger partial charge in [-0.2, -0.15) is 4.31 Å². The third kappa shape index (κ3) is 2.74. The van der Waals surface area contributed by atoms with Gasteiger partial charge in [0.2, 0.25) is 10.0 Å². The fraction of sp³-hybridized carbons (Fsp3) is 0.400. The maximum atomic E-state index is 12.2. The van der Waals surface area contributed by atoms with Crippen LogP contribution < -0.4 is 5.73 Å². The number of aliphatic hydroxyl groups excluding tert-OH is 2. The number of nitrogens with zero attached hydrogens (tertiary/aromatic N) is 2. The Bertz CT molecular complexity index is 577. The second kappa shape index (κ2) is 5.10. The minimum atomic E-state index is -3.78. The number of hydrogen-bond donors (Lipinski definition) is 3. The van der Waals surface area contributed by atoms with Crippen molar-refractivity contribution in [2.45, 2.75) is 17.1 Å². The van der Waals surface area contributed by atoms with Gasteiger partial charge >= 0.3 is 0 Å². The van der Waals surface area contributed by atoms with Crippen molar-refractivity contribution in [2.75, 3.05) is 13.1 Å². The van der Waals surface area contributed by atoms with Crippen LogP contribution in [0.5, 0.6) is 0 Å². The van der Waals surface area contributed by atoms with Crippen LogP contribution >= 0.6 is 12.2 Å². The molecule has 104 valence electrons. The summed E-state index contributed by atoms with van der Waals surface area (Å²) in [6.07, 6.45) is -0.988. The summed E-state index contributed by atoms with van der Waals surface area (Å²) in [7, 11) is -3.78. The van der Waals surface area contributed by atoms with Crippen LogP contribution in [0, 0.1) is 0 Å². The molecule has 0 radical (unpaired) electrons. The van der Waals surface area contributed by atoms with Crippen molar-refractivity contribution < 1.29 is 18.6 Å². The molecule has 19 heavy (non-hydrogen) atoms. The van der Waals surface area contributed by atoms with E-state index in [1.165, 1.54) is 12.1 Å². The van der Waals surface area contributed by atoms with Crippen molar-refractivity contribution in [1.82, 2.24) is 9.29 Å². The van der Waals surface area contributed by atoms with Crippen molar-refractivity contribution in [3.8, 4) is 0 Å². The lowest BCUT2D eigenvalue weighted by Crippen LogP contribution is -2.30. The molecule has 1 saturated heterocycles. The van der Waals surface area contributed by atoms with E-state index in [-0.39, 0.29) is 23.0 Å². The Labute approximate surface area is 115 Å². The molecule has 7 nitrogen and oxygen atoms in total. The maximum absolute atomic E-state index is 12.2. The molecule has 0 aromatic carbocycles. The Morgan fingerprint density at radius 1 is 1.37 bits per heavy atom. The van der Waals surface area contributed by atoms with Crippen LogP contribution in [0.3, 0.4) is 0 Å². The molecule has 0 saturated carbocycles. The molecule has 1 fully saturated rings. The van der Waals surface area contributed by atoms with Gasteiger partial charge in [0.15, 0.2) is 0 Å². The van der Waals surface area contributed by atoms with Crippen LogP contribution in [0.25, 0.3) is 0 Å². The maximum Gasteiger partial charge on any atom is 0.244 e. The van der Waals surface area contributed by atoms with Crippen LogP contribution in [0.4, 0.5) is 0 Å². The second-order valence-electron chi connectivity index (χ2n) is 4.20. The van der Waals surface area contributed by atoms with Crippen LogP contribution in [0.2, 0.25) is 0 Å². The topological polar surface area (TPSA) is 117 Å². The largest absolute Gasteiger partial charge is 0.389 e. The number of aromatic nitrogens is 1. The molecule has 9 heteroatoms. The summed E-state index contributed by atoms with van der Waals surface area (Å²) in [5.41, 5.74) is 5.70. The molecular weight excluding hydrogens is 290 g/mol. The number of thiocarbonyl (C=S) groups is 1. The normalized spacial score (nSPS) is 24.5. The smallest absolute Gasteiger partial charge is 0.244 e. The van der Waals surface area contributed by atoms with Gasteiger partial charge in [-0.1, -0.05) is 12.2 Å². The lowest BCUT2D eigenvalue weighted by Gasteiger charge is -2.15. The van der Waals surface area contributed by atoms with Crippen LogP contribution in [0.15, 0.2) is 23.2 Å². The lowest BCUT2D eigenvalue weighted by atomic mass is 10.3. The van der Waals surface area contributed by atoms with E-state index in [1.54, 1.807) is 0 Å². The van der Waals surface area contributed by atoms with E-state index in [0.29, 0.717) is 5.69 Å². The number of rotatable bonds is 3. The summed E-state index contributed by atoms with van der Waals surface area (Å²) in [6, 6.07) is 2.76. The molecular formula is C10H13N3O4S2. The number of nitrogens with two attached hydrogens (primary N) is 1. The first kappa shape index (κ1) is 14.3. The molecule has 0 spiro atoms. The molecule has 1 aromatic heterocycles. The van der Waals surface area contributed by atoms with Gasteiger partial charge in [-0.3, -0.25) is 4.98 Å². The highest BCUT2D eigenvalue weighted by Gasteiger charge is 2.37. The molecule has 2 heterocycles. The predicted molar refractivity (Wildman–Crippen MR) is 70.9 cm³/mol. The zero-order valence-corrected chi connectivity index (χ0v) is 11.4. The molecule has 1 aromatic rings. The number of hydrogen-bond acceptors (Lipinski definition) is 6. The quantitative estimate of drug-likeness (QED) is 0.578. The van der Waals surface area contributed by atoms with Gasteiger partial charge in [0, 0.05) is 19.3 Å². The zero-order valence-electron chi connectivity index (χ0n) is 9.80. The molecule has 2 rings (SSSR count). The molecule has 1 aliphatic heterocycles. The highest BCUT2D eigenvalue weighted by molar-refractivity contribution is 7.89. The van der Waals surface area contributed by atoms with Crippen molar-refractivity contribution in [3.05, 3.63) is 24.0 Å². The fourth-order valence-corrected chi connectivity index (χ4v) is 3.30. The van der Waals surface area contributed by atoms with Gasteiger partial charge in [-0.15, -0.1) is 0 Å². The van der Waals surface area contributed by atoms with E-state index in [0.717, 1.165) is 10.5 Å².